The van der Waals surface area contributed by atoms with Crippen LogP contribution in [0.2, 0.25) is 0 Å². The second kappa shape index (κ2) is 7.14. The van der Waals surface area contributed by atoms with Crippen LogP contribution < -0.4 is 15.8 Å². The summed E-state index contributed by atoms with van der Waals surface area (Å²) >= 11 is 0. The van der Waals surface area contributed by atoms with Crippen molar-refractivity contribution in [2.75, 3.05) is 13.7 Å². The van der Waals surface area contributed by atoms with Crippen LogP contribution in [0, 0.1) is 0 Å². The van der Waals surface area contributed by atoms with Crippen molar-refractivity contribution >= 4 is 5.91 Å². The molecule has 1 unspecified atom stereocenters. The highest BCUT2D eigenvalue weighted by Crippen LogP contribution is 2.17. The van der Waals surface area contributed by atoms with Gasteiger partial charge in [-0.1, -0.05) is 19.1 Å². The lowest BCUT2D eigenvalue weighted by atomic mass is 9.92. The molecule has 0 aromatic heterocycles. The van der Waals surface area contributed by atoms with Crippen LogP contribution in [0.25, 0.3) is 0 Å². The van der Waals surface area contributed by atoms with Gasteiger partial charge < -0.3 is 15.8 Å². The van der Waals surface area contributed by atoms with Gasteiger partial charge in [0.05, 0.1) is 12.6 Å². The lowest BCUT2D eigenvalue weighted by molar-refractivity contribution is -0.124. The van der Waals surface area contributed by atoms with Crippen molar-refractivity contribution in [3.05, 3.63) is 29.8 Å². The molecule has 1 aromatic carbocycles. The molecule has 0 aliphatic carbocycles. The van der Waals surface area contributed by atoms with Gasteiger partial charge in [0.15, 0.2) is 0 Å². The summed E-state index contributed by atoms with van der Waals surface area (Å²) in [5.41, 5.74) is 6.03. The standard InChI is InChI=1S/C15H24N2O2/c1-4-11-17-15(2,14(16)18)10-9-12-5-7-13(19-3)8-6-12/h5-8,17H,4,9-11H2,1-3H3,(H2,16,18). The third-order valence-electron chi connectivity index (χ3n) is 3.38. The minimum atomic E-state index is -0.643. The minimum Gasteiger partial charge on any atom is -0.497 e. The quantitative estimate of drug-likeness (QED) is 0.753. The van der Waals surface area contributed by atoms with Crippen LogP contribution in [0.3, 0.4) is 0 Å². The molecule has 19 heavy (non-hydrogen) atoms. The topological polar surface area (TPSA) is 64.3 Å². The van der Waals surface area contributed by atoms with E-state index in [0.29, 0.717) is 6.42 Å². The van der Waals surface area contributed by atoms with Gasteiger partial charge in [0.1, 0.15) is 5.75 Å². The number of carbonyl (C=O) groups excluding carboxylic acids is 1. The van der Waals surface area contributed by atoms with Gasteiger partial charge in [-0.2, -0.15) is 0 Å². The van der Waals surface area contributed by atoms with Crippen LogP contribution in [-0.2, 0) is 11.2 Å². The van der Waals surface area contributed by atoms with E-state index in [1.165, 1.54) is 5.56 Å². The summed E-state index contributed by atoms with van der Waals surface area (Å²) in [4.78, 5) is 11.6. The number of rotatable bonds is 8. The highest BCUT2D eigenvalue weighted by atomic mass is 16.5. The largest absolute Gasteiger partial charge is 0.497 e. The van der Waals surface area contributed by atoms with Gasteiger partial charge in [-0.15, -0.1) is 0 Å². The third-order valence-corrected chi connectivity index (χ3v) is 3.38. The van der Waals surface area contributed by atoms with Crippen LogP contribution >= 0.6 is 0 Å². The molecular weight excluding hydrogens is 240 g/mol. The highest BCUT2D eigenvalue weighted by molar-refractivity contribution is 5.84. The first-order chi connectivity index (χ1) is 9.01. The Balaban J connectivity index is 2.62. The Morgan fingerprint density at radius 1 is 1.37 bits per heavy atom. The number of primary amides is 1. The maximum Gasteiger partial charge on any atom is 0.237 e. The smallest absolute Gasteiger partial charge is 0.237 e. The molecule has 4 nitrogen and oxygen atoms in total. The van der Waals surface area contributed by atoms with Gasteiger partial charge in [0.2, 0.25) is 5.91 Å². The lowest BCUT2D eigenvalue weighted by Gasteiger charge is -2.27. The van der Waals surface area contributed by atoms with E-state index in [2.05, 4.69) is 12.2 Å². The van der Waals surface area contributed by atoms with E-state index >= 15 is 0 Å². The number of ether oxygens (including phenoxy) is 1. The van der Waals surface area contributed by atoms with Crippen LogP contribution in [-0.4, -0.2) is 25.1 Å². The summed E-state index contributed by atoms with van der Waals surface area (Å²) in [7, 11) is 1.65. The van der Waals surface area contributed by atoms with Crippen molar-refractivity contribution in [3.8, 4) is 5.75 Å². The van der Waals surface area contributed by atoms with Crippen LogP contribution in [0.5, 0.6) is 5.75 Å². The van der Waals surface area contributed by atoms with Crippen molar-refractivity contribution in [1.82, 2.24) is 5.32 Å². The van der Waals surface area contributed by atoms with Crippen molar-refractivity contribution in [2.45, 2.75) is 38.6 Å². The third kappa shape index (κ3) is 4.56. The molecule has 106 valence electrons. The molecule has 0 aliphatic heterocycles. The molecule has 0 bridgehead atoms. The van der Waals surface area contributed by atoms with E-state index in [-0.39, 0.29) is 5.91 Å². The van der Waals surface area contributed by atoms with Gasteiger partial charge in [-0.05, 0) is 50.4 Å². The molecule has 3 N–H and O–H groups in total. The summed E-state index contributed by atoms with van der Waals surface area (Å²) in [5.74, 6) is 0.542. The molecule has 0 heterocycles. The fourth-order valence-electron chi connectivity index (χ4n) is 1.89. The molecule has 0 fully saturated rings. The summed E-state index contributed by atoms with van der Waals surface area (Å²) < 4.78 is 5.12. The van der Waals surface area contributed by atoms with Crippen molar-refractivity contribution in [2.24, 2.45) is 5.73 Å². The van der Waals surface area contributed by atoms with Crippen LogP contribution in [0.15, 0.2) is 24.3 Å². The zero-order chi connectivity index (χ0) is 14.3. The maximum absolute atomic E-state index is 11.6. The number of nitrogens with one attached hydrogen (secondary N) is 1. The number of benzene rings is 1. The van der Waals surface area contributed by atoms with E-state index in [4.69, 9.17) is 10.5 Å². The minimum absolute atomic E-state index is 0.297. The number of amides is 1. The fraction of sp³-hybridized carbons (Fsp3) is 0.533. The fourth-order valence-corrected chi connectivity index (χ4v) is 1.89. The van der Waals surface area contributed by atoms with Gasteiger partial charge in [0, 0.05) is 0 Å². The van der Waals surface area contributed by atoms with Crippen LogP contribution in [0.4, 0.5) is 0 Å². The molecule has 4 heteroatoms. The van der Waals surface area contributed by atoms with E-state index in [1.54, 1.807) is 7.11 Å². The number of hydrogen-bond acceptors (Lipinski definition) is 3. The Labute approximate surface area is 115 Å². The second-order valence-electron chi connectivity index (χ2n) is 4.97. The number of carbonyl (C=O) groups is 1. The Morgan fingerprint density at radius 3 is 2.47 bits per heavy atom. The molecular formula is C15H24N2O2. The average molecular weight is 264 g/mol. The molecule has 1 rings (SSSR count). The zero-order valence-corrected chi connectivity index (χ0v) is 12.0. The zero-order valence-electron chi connectivity index (χ0n) is 12.0. The molecule has 0 aliphatic rings. The van der Waals surface area contributed by atoms with Gasteiger partial charge in [0.25, 0.3) is 0 Å². The molecule has 0 radical (unpaired) electrons. The van der Waals surface area contributed by atoms with E-state index in [0.717, 1.165) is 25.1 Å². The predicted molar refractivity (Wildman–Crippen MR) is 77.2 cm³/mol. The molecule has 1 aromatic rings. The van der Waals surface area contributed by atoms with Crippen molar-refractivity contribution in [1.29, 1.82) is 0 Å². The normalized spacial score (nSPS) is 13.8. The molecule has 0 spiro atoms. The van der Waals surface area contributed by atoms with Crippen molar-refractivity contribution in [3.63, 3.8) is 0 Å². The van der Waals surface area contributed by atoms with Crippen molar-refractivity contribution < 1.29 is 9.53 Å². The second-order valence-corrected chi connectivity index (χ2v) is 4.97. The number of aryl methyl sites for hydroxylation is 1. The van der Waals surface area contributed by atoms with E-state index in [9.17, 15) is 4.79 Å². The SMILES string of the molecule is CCCNC(C)(CCc1ccc(OC)cc1)C(N)=O. The molecule has 0 saturated heterocycles. The summed E-state index contributed by atoms with van der Waals surface area (Å²) in [6.07, 6.45) is 2.47. The number of methoxy groups -OCH3 is 1. The summed E-state index contributed by atoms with van der Waals surface area (Å²) in [5, 5.41) is 3.24. The predicted octanol–water partition coefficient (Wildman–Crippen LogP) is 1.87. The van der Waals surface area contributed by atoms with Gasteiger partial charge >= 0.3 is 0 Å². The first-order valence-electron chi connectivity index (χ1n) is 6.69. The molecule has 1 atom stereocenters. The Hall–Kier alpha value is -1.55. The Morgan fingerprint density at radius 2 is 2.00 bits per heavy atom. The average Bonchev–Trinajstić information content (AvgIpc) is 2.43. The van der Waals surface area contributed by atoms with Gasteiger partial charge in [-0.25, -0.2) is 0 Å². The number of nitrogens with two attached hydrogens (primary N) is 1. The summed E-state index contributed by atoms with van der Waals surface area (Å²) in [6.45, 7) is 4.73. The number of hydrogen-bond donors (Lipinski definition) is 2. The monoisotopic (exact) mass is 264 g/mol. The van der Waals surface area contributed by atoms with Gasteiger partial charge in [-0.3, -0.25) is 4.79 Å². The Kier molecular flexibility index (Phi) is 5.83. The van der Waals surface area contributed by atoms with E-state index in [1.807, 2.05) is 31.2 Å². The van der Waals surface area contributed by atoms with E-state index < -0.39 is 5.54 Å². The first-order valence-corrected chi connectivity index (χ1v) is 6.69. The molecule has 1 amide bonds. The first kappa shape index (κ1) is 15.5. The lowest BCUT2D eigenvalue weighted by Crippen LogP contribution is -2.53. The summed E-state index contributed by atoms with van der Waals surface area (Å²) in [6, 6.07) is 7.88. The van der Waals surface area contributed by atoms with Crippen LogP contribution in [0.1, 0.15) is 32.3 Å². The maximum atomic E-state index is 11.6. The molecule has 0 saturated carbocycles. The Bertz CT molecular complexity index is 403. The highest BCUT2D eigenvalue weighted by Gasteiger charge is 2.29.